The molecular formula is C31H36N2O3. The van der Waals surface area contributed by atoms with Gasteiger partial charge in [0.2, 0.25) is 5.91 Å². The molecule has 2 atom stereocenters. The molecule has 5 heteroatoms. The van der Waals surface area contributed by atoms with Crippen LogP contribution in [-0.2, 0) is 22.6 Å². The van der Waals surface area contributed by atoms with Crippen molar-refractivity contribution in [2.75, 3.05) is 6.54 Å². The van der Waals surface area contributed by atoms with Gasteiger partial charge in [-0.25, -0.2) is 0 Å². The molecule has 5 nitrogen and oxygen atoms in total. The minimum absolute atomic E-state index is 0.132. The van der Waals surface area contributed by atoms with Crippen LogP contribution < -0.4 is 10.1 Å². The molecule has 188 valence electrons. The first-order valence-electron chi connectivity index (χ1n) is 12.9. The molecule has 0 fully saturated rings. The van der Waals surface area contributed by atoms with E-state index in [9.17, 15) is 9.59 Å². The minimum Gasteiger partial charge on any atom is -0.481 e. The Labute approximate surface area is 214 Å². The lowest BCUT2D eigenvalue weighted by Gasteiger charge is -2.38. The van der Waals surface area contributed by atoms with Crippen molar-refractivity contribution in [3.8, 4) is 5.75 Å². The molecule has 1 heterocycles. The largest absolute Gasteiger partial charge is 0.481 e. The third-order valence-corrected chi connectivity index (χ3v) is 6.62. The number of carbonyl (C=O) groups excluding carboxylic acids is 2. The van der Waals surface area contributed by atoms with Crippen LogP contribution in [0.5, 0.6) is 5.75 Å². The number of benzene rings is 3. The van der Waals surface area contributed by atoms with E-state index < -0.39 is 6.10 Å². The van der Waals surface area contributed by atoms with Gasteiger partial charge in [-0.2, -0.15) is 0 Å². The molecule has 0 bridgehead atoms. The summed E-state index contributed by atoms with van der Waals surface area (Å²) in [6.45, 7) is 7.26. The molecule has 2 amide bonds. The highest BCUT2D eigenvalue weighted by Gasteiger charge is 2.32. The quantitative estimate of drug-likeness (QED) is 0.425. The first-order chi connectivity index (χ1) is 17.5. The molecule has 0 aliphatic carbocycles. The maximum atomic E-state index is 13.2. The highest BCUT2D eigenvalue weighted by molar-refractivity contribution is 5.81. The summed E-state index contributed by atoms with van der Waals surface area (Å²) in [6.07, 6.45) is 1.29. The number of nitrogens with zero attached hydrogens (tertiary/aromatic N) is 1. The number of hydrogen-bond acceptors (Lipinski definition) is 3. The zero-order valence-corrected chi connectivity index (χ0v) is 21.4. The smallest absolute Gasteiger partial charge is 0.261 e. The van der Waals surface area contributed by atoms with Gasteiger partial charge in [-0.3, -0.25) is 9.59 Å². The Morgan fingerprint density at radius 1 is 1.00 bits per heavy atom. The summed E-state index contributed by atoms with van der Waals surface area (Å²) in [5, 5.41) is 2.99. The minimum atomic E-state index is -0.593. The Morgan fingerprint density at radius 2 is 1.69 bits per heavy atom. The Morgan fingerprint density at radius 3 is 2.36 bits per heavy atom. The van der Waals surface area contributed by atoms with Crippen LogP contribution in [-0.4, -0.2) is 29.4 Å². The number of nitrogens with one attached hydrogen (secondary N) is 1. The van der Waals surface area contributed by atoms with Crippen LogP contribution in [0.3, 0.4) is 0 Å². The third kappa shape index (κ3) is 6.14. The lowest BCUT2D eigenvalue weighted by Crippen LogP contribution is -2.41. The predicted molar refractivity (Wildman–Crippen MR) is 143 cm³/mol. The Balaban J connectivity index is 1.57. The van der Waals surface area contributed by atoms with Crippen molar-refractivity contribution in [2.24, 2.45) is 5.92 Å². The summed E-state index contributed by atoms with van der Waals surface area (Å²) in [6, 6.07) is 25.9. The summed E-state index contributed by atoms with van der Waals surface area (Å²) in [5.74, 6) is 0.981. The van der Waals surface area contributed by atoms with Crippen LogP contribution in [0, 0.1) is 5.92 Å². The number of hydrogen-bond donors (Lipinski definition) is 1. The number of amides is 2. The van der Waals surface area contributed by atoms with E-state index in [1.54, 1.807) is 0 Å². The lowest BCUT2D eigenvalue weighted by atomic mass is 9.87. The van der Waals surface area contributed by atoms with Gasteiger partial charge >= 0.3 is 0 Å². The topological polar surface area (TPSA) is 58.6 Å². The molecule has 3 aromatic rings. The molecule has 0 saturated carbocycles. The second-order valence-electron chi connectivity index (χ2n) is 9.83. The number of rotatable bonds is 9. The average Bonchev–Trinajstić information content (AvgIpc) is 2.90. The van der Waals surface area contributed by atoms with Gasteiger partial charge in [-0.15, -0.1) is 0 Å². The monoisotopic (exact) mass is 484 g/mol. The fourth-order valence-electron chi connectivity index (χ4n) is 4.78. The van der Waals surface area contributed by atoms with Crippen molar-refractivity contribution in [3.63, 3.8) is 0 Å². The van der Waals surface area contributed by atoms with Crippen LogP contribution in [0.15, 0.2) is 78.9 Å². The molecule has 0 aromatic heterocycles. The molecular weight excluding hydrogens is 448 g/mol. The van der Waals surface area contributed by atoms with Crippen molar-refractivity contribution in [3.05, 3.63) is 101 Å². The standard InChI is InChI=1S/C31H36N2O3/c1-4-28(31(35)32-21-23-11-7-5-8-12-23)36-26-16-15-24-17-18-33(29(34)19-22(2)3)30(27(24)20-26)25-13-9-6-10-14-25/h5-16,20,22,28,30H,4,17-19,21H2,1-3H3,(H,32,35). The molecule has 1 aliphatic heterocycles. The van der Waals surface area contributed by atoms with Crippen molar-refractivity contribution in [1.82, 2.24) is 10.2 Å². The van der Waals surface area contributed by atoms with Gasteiger partial charge in [0.05, 0.1) is 6.04 Å². The molecule has 2 unspecified atom stereocenters. The zero-order valence-electron chi connectivity index (χ0n) is 21.4. The van der Waals surface area contributed by atoms with Crippen LogP contribution >= 0.6 is 0 Å². The van der Waals surface area contributed by atoms with E-state index in [1.165, 1.54) is 5.56 Å². The first kappa shape index (κ1) is 25.5. The SMILES string of the molecule is CCC(Oc1ccc2c(c1)C(c1ccccc1)N(C(=O)CC(C)C)CC2)C(=O)NCc1ccccc1. The van der Waals surface area contributed by atoms with Gasteiger partial charge < -0.3 is 15.0 Å². The van der Waals surface area contributed by atoms with Gasteiger partial charge in [-0.1, -0.05) is 87.5 Å². The van der Waals surface area contributed by atoms with Crippen molar-refractivity contribution >= 4 is 11.8 Å². The second kappa shape index (κ2) is 11.9. The van der Waals surface area contributed by atoms with E-state index in [1.807, 2.05) is 72.5 Å². The molecule has 36 heavy (non-hydrogen) atoms. The molecule has 1 aliphatic rings. The van der Waals surface area contributed by atoms with Crippen molar-refractivity contribution in [1.29, 1.82) is 0 Å². The fourth-order valence-corrected chi connectivity index (χ4v) is 4.78. The summed E-state index contributed by atoms with van der Waals surface area (Å²) in [5.41, 5.74) is 4.42. The summed E-state index contributed by atoms with van der Waals surface area (Å²) in [4.78, 5) is 28.1. The van der Waals surface area contributed by atoms with Crippen molar-refractivity contribution < 1.29 is 14.3 Å². The van der Waals surface area contributed by atoms with Gasteiger partial charge in [0.15, 0.2) is 6.10 Å². The Hall–Kier alpha value is -3.60. The summed E-state index contributed by atoms with van der Waals surface area (Å²) in [7, 11) is 0. The predicted octanol–water partition coefficient (Wildman–Crippen LogP) is 5.68. The van der Waals surface area contributed by atoms with E-state index in [0.29, 0.717) is 37.6 Å². The van der Waals surface area contributed by atoms with Crippen LogP contribution in [0.25, 0.3) is 0 Å². The molecule has 0 spiro atoms. The number of ether oxygens (including phenoxy) is 1. The van der Waals surface area contributed by atoms with Gasteiger partial charge in [0.1, 0.15) is 5.75 Å². The van der Waals surface area contributed by atoms with Gasteiger partial charge in [0, 0.05) is 19.5 Å². The molecule has 3 aromatic carbocycles. The molecule has 1 N–H and O–H groups in total. The van der Waals surface area contributed by atoms with Crippen LogP contribution in [0.4, 0.5) is 0 Å². The molecule has 0 radical (unpaired) electrons. The van der Waals surface area contributed by atoms with Crippen LogP contribution in [0.2, 0.25) is 0 Å². The Bertz CT molecular complexity index is 1160. The van der Waals surface area contributed by atoms with E-state index in [4.69, 9.17) is 4.74 Å². The molecule has 0 saturated heterocycles. The number of carbonyl (C=O) groups is 2. The Kier molecular flexibility index (Phi) is 8.42. The van der Waals surface area contributed by atoms with Crippen LogP contribution in [0.1, 0.15) is 61.9 Å². The van der Waals surface area contributed by atoms with Crippen molar-refractivity contribution in [2.45, 2.75) is 58.7 Å². The van der Waals surface area contributed by atoms with E-state index >= 15 is 0 Å². The fraction of sp³-hybridized carbons (Fsp3) is 0.355. The zero-order chi connectivity index (χ0) is 25.5. The highest BCUT2D eigenvalue weighted by Crippen LogP contribution is 2.38. The maximum absolute atomic E-state index is 13.2. The normalized spacial score (nSPS) is 15.8. The maximum Gasteiger partial charge on any atom is 0.261 e. The van der Waals surface area contributed by atoms with E-state index in [0.717, 1.165) is 23.1 Å². The summed E-state index contributed by atoms with van der Waals surface area (Å²) < 4.78 is 6.21. The first-order valence-corrected chi connectivity index (χ1v) is 12.9. The third-order valence-electron chi connectivity index (χ3n) is 6.62. The van der Waals surface area contributed by atoms with Gasteiger partial charge in [-0.05, 0) is 53.1 Å². The van der Waals surface area contributed by atoms with Gasteiger partial charge in [0.25, 0.3) is 5.91 Å². The average molecular weight is 485 g/mol. The number of fused-ring (bicyclic) bond motifs is 1. The van der Waals surface area contributed by atoms with E-state index in [-0.39, 0.29) is 17.9 Å². The highest BCUT2D eigenvalue weighted by atomic mass is 16.5. The summed E-state index contributed by atoms with van der Waals surface area (Å²) >= 11 is 0. The molecule has 4 rings (SSSR count). The lowest BCUT2D eigenvalue weighted by molar-refractivity contribution is -0.134. The van der Waals surface area contributed by atoms with E-state index in [2.05, 4.69) is 37.4 Å². The second-order valence-corrected chi connectivity index (χ2v) is 9.83.